The molecule has 7 heteroatoms. The summed E-state index contributed by atoms with van der Waals surface area (Å²) in [6.07, 6.45) is 1.84. The second-order valence-electron chi connectivity index (χ2n) is 10.9. The predicted molar refractivity (Wildman–Crippen MR) is 151 cm³/mol. The van der Waals surface area contributed by atoms with Crippen molar-refractivity contribution in [1.82, 2.24) is 5.06 Å². The molecular formula is C32H38N2O5. The summed E-state index contributed by atoms with van der Waals surface area (Å²) in [4.78, 5) is 30.7. The van der Waals surface area contributed by atoms with Gasteiger partial charge in [0, 0.05) is 31.4 Å². The standard InChI is InChI=1S/C32H38N2O5/c1-32(2,3)31(36)39-34-18-16-24(17-19-34)21-33-27-14-15-28(30(35)38-23-26-12-8-5-9-13-26)29(20-27)37-22-25-10-6-4-7-11-25/h4-15,20,24,33H,16-19,21-23H2,1-3H3. The molecule has 1 N–H and O–H groups in total. The lowest BCUT2D eigenvalue weighted by Crippen LogP contribution is -2.40. The van der Waals surface area contributed by atoms with Crippen LogP contribution in [0.1, 0.15) is 55.1 Å². The number of hydroxylamine groups is 2. The first-order valence-corrected chi connectivity index (χ1v) is 13.5. The van der Waals surface area contributed by atoms with Crippen LogP contribution < -0.4 is 10.1 Å². The fourth-order valence-electron chi connectivity index (χ4n) is 4.18. The molecule has 0 saturated carbocycles. The van der Waals surface area contributed by atoms with Gasteiger partial charge in [0.05, 0.1) is 5.41 Å². The van der Waals surface area contributed by atoms with Crippen molar-refractivity contribution in [2.24, 2.45) is 11.3 Å². The van der Waals surface area contributed by atoms with Crippen LogP contribution >= 0.6 is 0 Å². The number of piperidine rings is 1. The monoisotopic (exact) mass is 530 g/mol. The lowest BCUT2D eigenvalue weighted by Gasteiger charge is -2.32. The van der Waals surface area contributed by atoms with E-state index < -0.39 is 11.4 Å². The van der Waals surface area contributed by atoms with E-state index in [1.165, 1.54) is 0 Å². The Kier molecular flexibility index (Phi) is 9.60. The zero-order valence-electron chi connectivity index (χ0n) is 23.0. The second kappa shape index (κ2) is 13.3. The van der Waals surface area contributed by atoms with Crippen LogP contribution in [0.15, 0.2) is 78.9 Å². The van der Waals surface area contributed by atoms with E-state index in [-0.39, 0.29) is 12.6 Å². The fourth-order valence-corrected chi connectivity index (χ4v) is 4.18. The van der Waals surface area contributed by atoms with Gasteiger partial charge in [0.2, 0.25) is 0 Å². The molecule has 1 fully saturated rings. The van der Waals surface area contributed by atoms with E-state index in [1.807, 2.05) is 93.6 Å². The van der Waals surface area contributed by atoms with Crippen LogP contribution in [0, 0.1) is 11.3 Å². The van der Waals surface area contributed by atoms with Crippen LogP contribution in [-0.2, 0) is 27.6 Å². The number of anilines is 1. The highest BCUT2D eigenvalue weighted by Gasteiger charge is 2.28. The average molecular weight is 531 g/mol. The number of hydrogen-bond donors (Lipinski definition) is 1. The Morgan fingerprint density at radius 2 is 1.49 bits per heavy atom. The van der Waals surface area contributed by atoms with Gasteiger partial charge < -0.3 is 19.6 Å². The highest BCUT2D eigenvalue weighted by Crippen LogP contribution is 2.27. The quantitative estimate of drug-likeness (QED) is 0.311. The molecule has 0 unspecified atom stereocenters. The Balaban J connectivity index is 1.36. The molecule has 0 radical (unpaired) electrons. The molecule has 1 aliphatic heterocycles. The van der Waals surface area contributed by atoms with E-state index in [0.29, 0.717) is 36.9 Å². The molecular weight excluding hydrogens is 492 g/mol. The molecule has 3 aromatic carbocycles. The summed E-state index contributed by atoms with van der Waals surface area (Å²) >= 11 is 0. The maximum Gasteiger partial charge on any atom is 0.342 e. The van der Waals surface area contributed by atoms with Gasteiger partial charge in [0.15, 0.2) is 0 Å². The molecule has 1 aliphatic rings. The first kappa shape index (κ1) is 28.2. The molecule has 3 aromatic rings. The number of benzene rings is 3. The normalized spacial score (nSPS) is 14.4. The van der Waals surface area contributed by atoms with Crippen LogP contribution in [-0.4, -0.2) is 36.6 Å². The van der Waals surface area contributed by atoms with Crippen molar-refractivity contribution in [2.45, 2.75) is 46.8 Å². The van der Waals surface area contributed by atoms with Crippen molar-refractivity contribution in [2.75, 3.05) is 25.0 Å². The van der Waals surface area contributed by atoms with Crippen LogP contribution in [0.2, 0.25) is 0 Å². The lowest BCUT2D eigenvalue weighted by atomic mass is 9.97. The second-order valence-corrected chi connectivity index (χ2v) is 10.9. The smallest absolute Gasteiger partial charge is 0.342 e. The van der Waals surface area contributed by atoms with Gasteiger partial charge in [0.1, 0.15) is 24.5 Å². The molecule has 0 aromatic heterocycles. The molecule has 0 aliphatic carbocycles. The summed E-state index contributed by atoms with van der Waals surface area (Å²) in [5, 5.41) is 5.27. The van der Waals surface area contributed by atoms with Gasteiger partial charge in [-0.25, -0.2) is 9.59 Å². The summed E-state index contributed by atoms with van der Waals surface area (Å²) in [6, 6.07) is 25.0. The van der Waals surface area contributed by atoms with E-state index >= 15 is 0 Å². The van der Waals surface area contributed by atoms with E-state index in [1.54, 1.807) is 11.1 Å². The van der Waals surface area contributed by atoms with Gasteiger partial charge in [-0.05, 0) is 62.8 Å². The Labute approximate surface area is 231 Å². The summed E-state index contributed by atoms with van der Waals surface area (Å²) in [6.45, 7) is 8.32. The first-order valence-electron chi connectivity index (χ1n) is 13.5. The van der Waals surface area contributed by atoms with Crippen LogP contribution in [0.25, 0.3) is 0 Å². The molecule has 4 rings (SSSR count). The number of nitrogens with one attached hydrogen (secondary N) is 1. The van der Waals surface area contributed by atoms with Crippen molar-refractivity contribution in [3.8, 4) is 5.75 Å². The van der Waals surface area contributed by atoms with E-state index in [0.717, 1.165) is 36.2 Å². The minimum Gasteiger partial charge on any atom is -0.488 e. The molecule has 1 heterocycles. The summed E-state index contributed by atoms with van der Waals surface area (Å²) < 4.78 is 11.7. The van der Waals surface area contributed by atoms with Crippen LogP contribution in [0.5, 0.6) is 5.75 Å². The third-order valence-corrected chi connectivity index (χ3v) is 6.64. The maximum atomic E-state index is 13.0. The number of ether oxygens (including phenoxy) is 2. The zero-order chi connectivity index (χ0) is 27.7. The number of rotatable bonds is 10. The Morgan fingerprint density at radius 1 is 0.872 bits per heavy atom. The van der Waals surface area contributed by atoms with E-state index in [9.17, 15) is 9.59 Å². The Hall–Kier alpha value is -3.84. The summed E-state index contributed by atoms with van der Waals surface area (Å²) in [5.74, 6) is 0.291. The third-order valence-electron chi connectivity index (χ3n) is 6.64. The van der Waals surface area contributed by atoms with Gasteiger partial charge in [-0.1, -0.05) is 60.7 Å². The number of hydrogen-bond acceptors (Lipinski definition) is 7. The average Bonchev–Trinajstić information content (AvgIpc) is 2.95. The fraction of sp³-hybridized carbons (Fsp3) is 0.375. The van der Waals surface area contributed by atoms with Crippen LogP contribution in [0.3, 0.4) is 0 Å². The SMILES string of the molecule is CC(C)(C)C(=O)ON1CCC(CNc2ccc(C(=O)OCc3ccccc3)c(OCc3ccccc3)c2)CC1. The van der Waals surface area contributed by atoms with E-state index in [4.69, 9.17) is 14.3 Å². The highest BCUT2D eigenvalue weighted by molar-refractivity contribution is 5.93. The van der Waals surface area contributed by atoms with E-state index in [2.05, 4.69) is 5.32 Å². The minimum absolute atomic E-state index is 0.196. The predicted octanol–water partition coefficient (Wildman–Crippen LogP) is 6.25. The van der Waals surface area contributed by atoms with Gasteiger partial charge in [-0.2, -0.15) is 0 Å². The third kappa shape index (κ3) is 8.58. The maximum absolute atomic E-state index is 13.0. The molecule has 0 amide bonds. The molecule has 7 nitrogen and oxygen atoms in total. The Bertz CT molecular complexity index is 1220. The lowest BCUT2D eigenvalue weighted by molar-refractivity contribution is -0.205. The molecule has 39 heavy (non-hydrogen) atoms. The topological polar surface area (TPSA) is 77.1 Å². The molecule has 1 saturated heterocycles. The summed E-state index contributed by atoms with van der Waals surface area (Å²) in [5.41, 5.74) is 2.69. The van der Waals surface area contributed by atoms with Crippen molar-refractivity contribution < 1.29 is 23.9 Å². The first-order chi connectivity index (χ1) is 18.8. The number of carbonyl (C=O) groups is 2. The van der Waals surface area contributed by atoms with Gasteiger partial charge in [0.25, 0.3) is 0 Å². The molecule has 0 atom stereocenters. The molecule has 0 spiro atoms. The van der Waals surface area contributed by atoms with Gasteiger partial charge in [-0.3, -0.25) is 0 Å². The largest absolute Gasteiger partial charge is 0.488 e. The number of carbonyl (C=O) groups excluding carboxylic acids is 2. The minimum atomic E-state index is -0.515. The van der Waals surface area contributed by atoms with Crippen molar-refractivity contribution in [1.29, 1.82) is 0 Å². The molecule has 206 valence electrons. The van der Waals surface area contributed by atoms with Gasteiger partial charge >= 0.3 is 11.9 Å². The Morgan fingerprint density at radius 3 is 2.10 bits per heavy atom. The van der Waals surface area contributed by atoms with Crippen molar-refractivity contribution >= 4 is 17.6 Å². The van der Waals surface area contributed by atoms with Crippen molar-refractivity contribution in [3.63, 3.8) is 0 Å². The number of nitrogens with zero attached hydrogens (tertiary/aromatic N) is 1. The van der Waals surface area contributed by atoms with Gasteiger partial charge in [-0.15, -0.1) is 5.06 Å². The molecule has 0 bridgehead atoms. The highest BCUT2D eigenvalue weighted by atomic mass is 16.7. The van der Waals surface area contributed by atoms with Crippen LogP contribution in [0.4, 0.5) is 5.69 Å². The summed E-state index contributed by atoms with van der Waals surface area (Å²) in [7, 11) is 0. The van der Waals surface area contributed by atoms with Crippen molar-refractivity contribution in [3.05, 3.63) is 95.6 Å². The number of esters is 1. The zero-order valence-corrected chi connectivity index (χ0v) is 23.0.